The molecule has 0 aliphatic rings. The zero-order valence-corrected chi connectivity index (χ0v) is 17.1. The zero-order chi connectivity index (χ0) is 19.0. The van der Waals surface area contributed by atoms with Crippen LogP contribution in [0.1, 0.15) is 124 Å². The molecule has 1 N–H and O–H groups in total. The molecule has 0 spiro atoms. The summed E-state index contributed by atoms with van der Waals surface area (Å²) in [6, 6.07) is 0. The van der Waals surface area contributed by atoms with Gasteiger partial charge in [0.25, 0.3) is 0 Å². The molecular formula is C22H42O3. The van der Waals surface area contributed by atoms with Gasteiger partial charge in [-0.15, -0.1) is 0 Å². The molecule has 0 bridgehead atoms. The second-order valence-electron chi connectivity index (χ2n) is 8.19. The molecule has 0 radical (unpaired) electrons. The van der Waals surface area contributed by atoms with Crippen LogP contribution >= 0.6 is 0 Å². The van der Waals surface area contributed by atoms with Crippen molar-refractivity contribution in [2.75, 3.05) is 0 Å². The minimum atomic E-state index is -0.672. The van der Waals surface area contributed by atoms with Crippen molar-refractivity contribution in [2.45, 2.75) is 124 Å². The Balaban J connectivity index is 3.29. The maximum atomic E-state index is 12.2. The van der Waals surface area contributed by atoms with Gasteiger partial charge in [0.1, 0.15) is 5.78 Å². The normalized spacial score (nSPS) is 11.6. The van der Waals surface area contributed by atoms with Crippen LogP contribution in [-0.4, -0.2) is 16.9 Å². The molecule has 0 rings (SSSR count). The van der Waals surface area contributed by atoms with Crippen LogP contribution in [0.5, 0.6) is 0 Å². The molecule has 0 saturated carbocycles. The average Bonchev–Trinajstić information content (AvgIpc) is 2.54. The summed E-state index contributed by atoms with van der Waals surface area (Å²) in [4.78, 5) is 22.5. The Labute approximate surface area is 156 Å². The zero-order valence-electron chi connectivity index (χ0n) is 17.1. The van der Waals surface area contributed by atoms with Crippen molar-refractivity contribution in [1.82, 2.24) is 0 Å². The van der Waals surface area contributed by atoms with Gasteiger partial charge in [-0.2, -0.15) is 0 Å². The van der Waals surface area contributed by atoms with Crippen LogP contribution < -0.4 is 0 Å². The molecular weight excluding hydrogens is 312 g/mol. The topological polar surface area (TPSA) is 54.4 Å². The fourth-order valence-corrected chi connectivity index (χ4v) is 3.43. The van der Waals surface area contributed by atoms with Crippen LogP contribution in [0.3, 0.4) is 0 Å². The third-order valence-corrected chi connectivity index (χ3v) is 5.17. The highest BCUT2D eigenvalue weighted by Gasteiger charge is 2.25. The highest BCUT2D eigenvalue weighted by Crippen LogP contribution is 2.26. The molecule has 0 aliphatic heterocycles. The van der Waals surface area contributed by atoms with Crippen LogP contribution in [0.2, 0.25) is 0 Å². The van der Waals surface area contributed by atoms with Crippen LogP contribution in [0.15, 0.2) is 0 Å². The smallest absolute Gasteiger partial charge is 0.303 e. The molecule has 148 valence electrons. The number of Topliss-reactive ketones (excluding diaryl/α,β-unsaturated/α-hetero) is 1. The molecule has 0 aliphatic carbocycles. The van der Waals surface area contributed by atoms with Gasteiger partial charge in [-0.05, 0) is 19.3 Å². The lowest BCUT2D eigenvalue weighted by Crippen LogP contribution is -2.23. The first-order valence-corrected chi connectivity index (χ1v) is 10.6. The predicted octanol–water partition coefficient (Wildman–Crippen LogP) is 6.93. The van der Waals surface area contributed by atoms with E-state index in [-0.39, 0.29) is 5.41 Å². The second-order valence-corrected chi connectivity index (χ2v) is 8.19. The molecule has 0 atom stereocenters. The predicted molar refractivity (Wildman–Crippen MR) is 106 cm³/mol. The van der Waals surface area contributed by atoms with Crippen molar-refractivity contribution in [3.8, 4) is 0 Å². The van der Waals surface area contributed by atoms with Gasteiger partial charge >= 0.3 is 5.97 Å². The van der Waals surface area contributed by atoms with Gasteiger partial charge < -0.3 is 5.11 Å². The number of aliphatic carboxylic acids is 1. The van der Waals surface area contributed by atoms with Crippen molar-refractivity contribution < 1.29 is 14.7 Å². The first kappa shape index (κ1) is 24.1. The lowest BCUT2D eigenvalue weighted by atomic mass is 9.81. The molecule has 0 aromatic heterocycles. The Morgan fingerprint density at radius 3 is 1.40 bits per heavy atom. The first-order valence-electron chi connectivity index (χ1n) is 10.6. The third kappa shape index (κ3) is 15.1. The van der Waals surface area contributed by atoms with E-state index >= 15 is 0 Å². The number of unbranched alkanes of at least 4 members (excludes halogenated alkanes) is 11. The Morgan fingerprint density at radius 2 is 1.04 bits per heavy atom. The van der Waals surface area contributed by atoms with E-state index in [0.29, 0.717) is 12.2 Å². The highest BCUT2D eigenvalue weighted by molar-refractivity contribution is 5.83. The Kier molecular flexibility index (Phi) is 14.9. The number of hydrogen-bond donors (Lipinski definition) is 1. The second kappa shape index (κ2) is 15.4. The summed E-state index contributed by atoms with van der Waals surface area (Å²) < 4.78 is 0. The number of rotatable bonds is 18. The number of carboxylic acid groups (broad SMARTS) is 1. The highest BCUT2D eigenvalue weighted by atomic mass is 16.4. The van der Waals surface area contributed by atoms with Crippen molar-refractivity contribution in [3.05, 3.63) is 0 Å². The lowest BCUT2D eigenvalue weighted by molar-refractivity contribution is -0.137. The van der Waals surface area contributed by atoms with Crippen LogP contribution in [0.4, 0.5) is 0 Å². The van der Waals surface area contributed by atoms with E-state index < -0.39 is 5.97 Å². The van der Waals surface area contributed by atoms with E-state index in [0.717, 1.165) is 38.5 Å². The van der Waals surface area contributed by atoms with Crippen molar-refractivity contribution in [2.24, 2.45) is 5.41 Å². The summed E-state index contributed by atoms with van der Waals surface area (Å²) in [6.07, 6.45) is 17.5. The van der Waals surface area contributed by atoms with E-state index in [1.54, 1.807) is 0 Å². The molecule has 25 heavy (non-hydrogen) atoms. The summed E-state index contributed by atoms with van der Waals surface area (Å²) in [5.41, 5.74) is -0.123. The van der Waals surface area contributed by atoms with E-state index in [1.165, 1.54) is 57.8 Å². The molecule has 0 aromatic carbocycles. The number of carboxylic acids is 1. The molecule has 0 unspecified atom stereocenters. The van der Waals surface area contributed by atoms with Gasteiger partial charge in [0.15, 0.2) is 0 Å². The fourth-order valence-electron chi connectivity index (χ4n) is 3.43. The molecule has 0 saturated heterocycles. The van der Waals surface area contributed by atoms with E-state index in [2.05, 4.69) is 20.8 Å². The minimum Gasteiger partial charge on any atom is -0.481 e. The van der Waals surface area contributed by atoms with Gasteiger partial charge in [-0.3, -0.25) is 9.59 Å². The van der Waals surface area contributed by atoms with E-state index in [1.807, 2.05) is 0 Å². The molecule has 3 heteroatoms. The standard InChI is InChI=1S/C22H42O3/c1-4-19-22(2,3)20(23)17-15-13-11-9-7-5-6-8-10-12-14-16-18-21(24)25/h4-19H2,1-3H3,(H,24,25). The number of carbonyl (C=O) groups excluding carboxylic acids is 1. The summed E-state index contributed by atoms with van der Waals surface area (Å²) in [5.74, 6) is -0.230. The summed E-state index contributed by atoms with van der Waals surface area (Å²) in [7, 11) is 0. The van der Waals surface area contributed by atoms with Gasteiger partial charge in [0, 0.05) is 18.3 Å². The van der Waals surface area contributed by atoms with Gasteiger partial charge in [-0.1, -0.05) is 91.4 Å². The SMILES string of the molecule is CCCC(C)(C)C(=O)CCCCCCCCCCCCCCC(=O)O. The summed E-state index contributed by atoms with van der Waals surface area (Å²) in [5, 5.41) is 8.56. The quantitative estimate of drug-likeness (QED) is 0.272. The summed E-state index contributed by atoms with van der Waals surface area (Å²) >= 11 is 0. The minimum absolute atomic E-state index is 0.123. The van der Waals surface area contributed by atoms with Gasteiger partial charge in [0.2, 0.25) is 0 Å². The van der Waals surface area contributed by atoms with Crippen molar-refractivity contribution >= 4 is 11.8 Å². The third-order valence-electron chi connectivity index (χ3n) is 5.17. The summed E-state index contributed by atoms with van der Waals surface area (Å²) in [6.45, 7) is 6.32. The number of hydrogen-bond acceptors (Lipinski definition) is 2. The van der Waals surface area contributed by atoms with E-state index in [9.17, 15) is 9.59 Å². The monoisotopic (exact) mass is 354 g/mol. The fraction of sp³-hybridized carbons (Fsp3) is 0.909. The molecule has 0 aromatic rings. The maximum Gasteiger partial charge on any atom is 0.303 e. The molecule has 0 heterocycles. The van der Waals surface area contributed by atoms with Crippen molar-refractivity contribution in [3.63, 3.8) is 0 Å². The van der Waals surface area contributed by atoms with Crippen LogP contribution in [-0.2, 0) is 9.59 Å². The Hall–Kier alpha value is -0.860. The van der Waals surface area contributed by atoms with Gasteiger partial charge in [-0.25, -0.2) is 0 Å². The van der Waals surface area contributed by atoms with E-state index in [4.69, 9.17) is 5.11 Å². The average molecular weight is 355 g/mol. The van der Waals surface area contributed by atoms with Gasteiger partial charge in [0.05, 0.1) is 0 Å². The molecule has 3 nitrogen and oxygen atoms in total. The maximum absolute atomic E-state index is 12.2. The lowest BCUT2D eigenvalue weighted by Gasteiger charge is -2.22. The Bertz CT molecular complexity index is 347. The van der Waals surface area contributed by atoms with Crippen LogP contribution in [0, 0.1) is 5.41 Å². The largest absolute Gasteiger partial charge is 0.481 e. The number of carbonyl (C=O) groups is 2. The van der Waals surface area contributed by atoms with Crippen molar-refractivity contribution in [1.29, 1.82) is 0 Å². The molecule has 0 fully saturated rings. The first-order chi connectivity index (χ1) is 11.9. The number of ketones is 1. The van der Waals surface area contributed by atoms with Crippen LogP contribution in [0.25, 0.3) is 0 Å². The molecule has 0 amide bonds. The Morgan fingerprint density at radius 1 is 0.680 bits per heavy atom.